The quantitative estimate of drug-likeness (QED) is 0.204. The van der Waals surface area contributed by atoms with Crippen LogP contribution in [0.25, 0.3) is 0 Å². The third-order valence-corrected chi connectivity index (χ3v) is 0. The molecule has 0 aliphatic carbocycles. The molecule has 0 aromatic heterocycles. The maximum atomic E-state index is 8.48. The topological polar surface area (TPSA) is 328 Å². The molecule has 0 bridgehead atoms. The van der Waals surface area contributed by atoms with Crippen molar-refractivity contribution in [2.24, 2.45) is 0 Å². The summed E-state index contributed by atoms with van der Waals surface area (Å²) < 4.78 is 0. The SMILES string of the molecule is C=O.C=O.C=O.[Ir].[Ir].[Ir].[O-]P([O-])[O-].[O-]P([O-])[O-].[O-]P([O-])[O-].[O-]P([O-])[O-]. The van der Waals surface area contributed by atoms with Gasteiger partial charge >= 0.3 is 0 Å². The molecular formula is C3H6Ir3O15P4-12. The van der Waals surface area contributed by atoms with E-state index >= 15 is 0 Å². The van der Waals surface area contributed by atoms with Gasteiger partial charge in [-0.15, -0.1) is 0 Å². The number of rotatable bonds is 0. The maximum absolute atomic E-state index is 8.48. The Labute approximate surface area is 187 Å². The molecule has 0 spiro atoms. The molecule has 0 rings (SSSR count). The van der Waals surface area contributed by atoms with Gasteiger partial charge < -0.3 is 108 Å². The minimum atomic E-state index is -3.37. The van der Waals surface area contributed by atoms with E-state index in [-0.39, 0.29) is 60.3 Å². The summed E-state index contributed by atoms with van der Waals surface area (Å²) >= 11 is 0. The first-order valence-corrected chi connectivity index (χ1v) is 7.44. The number of carbonyl (C=O) groups is 3. The first kappa shape index (κ1) is 63.1. The molecular weight excluding hydrogens is 977 g/mol. The Bertz CT molecular complexity index is 109. The molecule has 0 saturated heterocycles. The van der Waals surface area contributed by atoms with E-state index in [1.54, 1.807) is 0 Å². The fourth-order valence-corrected chi connectivity index (χ4v) is 0. The third-order valence-electron chi connectivity index (χ3n) is 0. The summed E-state index contributed by atoms with van der Waals surface area (Å²) in [5.74, 6) is 0. The Kier molecular flexibility index (Phi) is 208. The summed E-state index contributed by atoms with van der Waals surface area (Å²) in [5, 5.41) is 0. The molecule has 0 fully saturated rings. The zero-order chi connectivity index (χ0) is 20.3. The van der Waals surface area contributed by atoms with E-state index in [4.69, 9.17) is 73.1 Å². The molecule has 167 valence electrons. The fourth-order valence-electron chi connectivity index (χ4n) is 0. The smallest absolute Gasteiger partial charge is 0.106 e. The van der Waals surface area contributed by atoms with Crippen LogP contribution in [0.2, 0.25) is 0 Å². The van der Waals surface area contributed by atoms with Gasteiger partial charge in [-0.2, -0.15) is 0 Å². The molecule has 0 aromatic rings. The van der Waals surface area contributed by atoms with Crippen LogP contribution in [0, 0.1) is 0 Å². The average Bonchev–Trinajstić information content (AvgIpc) is 2.33. The van der Waals surface area contributed by atoms with Gasteiger partial charge in [-0.25, -0.2) is 0 Å². The van der Waals surface area contributed by atoms with Crippen molar-refractivity contribution in [3.8, 4) is 0 Å². The standard InChI is InChI=1S/3CH2O.3Ir.4O3P/c3*1-2;;;;4*1-4(2)3/h3*1H2;;;;;;;/q;;;;;;4*-3. The van der Waals surface area contributed by atoms with Crippen molar-refractivity contribution >= 4 is 54.8 Å². The summed E-state index contributed by atoms with van der Waals surface area (Å²) in [6.07, 6.45) is 0. The molecule has 0 heterocycles. The number of carbonyl (C=O) groups excluding carboxylic acids is 3. The van der Waals surface area contributed by atoms with E-state index in [0.29, 0.717) is 0 Å². The van der Waals surface area contributed by atoms with E-state index in [1.165, 1.54) is 0 Å². The van der Waals surface area contributed by atoms with E-state index < -0.39 is 34.4 Å². The molecule has 25 heavy (non-hydrogen) atoms. The Morgan fingerprint density at radius 2 is 0.320 bits per heavy atom. The van der Waals surface area contributed by atoms with Crippen molar-refractivity contribution in [3.63, 3.8) is 0 Å². The molecule has 15 nitrogen and oxygen atoms in total. The molecule has 0 saturated carbocycles. The van der Waals surface area contributed by atoms with Crippen LogP contribution >= 0.6 is 34.4 Å². The summed E-state index contributed by atoms with van der Waals surface area (Å²) in [6, 6.07) is 0. The summed E-state index contributed by atoms with van der Waals surface area (Å²) in [6.45, 7) is 6.00. The fraction of sp³-hybridized carbons (Fsp3) is 0. The Morgan fingerprint density at radius 1 is 0.320 bits per heavy atom. The number of hydrogen-bond donors (Lipinski definition) is 0. The Morgan fingerprint density at radius 3 is 0.320 bits per heavy atom. The van der Waals surface area contributed by atoms with Crippen molar-refractivity contribution in [2.75, 3.05) is 0 Å². The summed E-state index contributed by atoms with van der Waals surface area (Å²) in [7, 11) is -13.5. The molecule has 0 unspecified atom stereocenters. The van der Waals surface area contributed by atoms with Crippen LogP contribution < -0.4 is 58.7 Å². The third kappa shape index (κ3) is 3180. The minimum absolute atomic E-state index is 0. The first-order valence-electron chi connectivity index (χ1n) is 3.06. The largest absolute Gasteiger partial charge is 0.854 e. The van der Waals surface area contributed by atoms with Crippen LogP contribution in [0.4, 0.5) is 0 Å². The van der Waals surface area contributed by atoms with Gasteiger partial charge in [-0.3, -0.25) is 0 Å². The van der Waals surface area contributed by atoms with Crippen LogP contribution in [0.5, 0.6) is 0 Å². The van der Waals surface area contributed by atoms with Crippen LogP contribution in [0.3, 0.4) is 0 Å². The van der Waals surface area contributed by atoms with Crippen LogP contribution in [-0.4, -0.2) is 20.4 Å². The van der Waals surface area contributed by atoms with Crippen molar-refractivity contribution < 1.29 is 133 Å². The predicted molar refractivity (Wildman–Crippen MR) is 49.0 cm³/mol. The van der Waals surface area contributed by atoms with Gasteiger partial charge in [0.25, 0.3) is 0 Å². The molecule has 0 aliphatic rings. The van der Waals surface area contributed by atoms with Crippen molar-refractivity contribution in [3.05, 3.63) is 0 Å². The van der Waals surface area contributed by atoms with E-state index in [9.17, 15) is 0 Å². The second kappa shape index (κ2) is 82.5. The van der Waals surface area contributed by atoms with Gasteiger partial charge in [0, 0.05) is 60.3 Å². The van der Waals surface area contributed by atoms with Gasteiger partial charge in [0.15, 0.2) is 0 Å². The average molecular weight is 983 g/mol. The van der Waals surface area contributed by atoms with Crippen LogP contribution in [-0.2, 0) is 74.7 Å². The van der Waals surface area contributed by atoms with Gasteiger partial charge in [0.1, 0.15) is 20.4 Å². The van der Waals surface area contributed by atoms with Crippen LogP contribution in [0.1, 0.15) is 0 Å². The number of hydrogen-bond acceptors (Lipinski definition) is 15. The van der Waals surface area contributed by atoms with Crippen molar-refractivity contribution in [1.82, 2.24) is 0 Å². The van der Waals surface area contributed by atoms with Crippen LogP contribution in [0.15, 0.2) is 0 Å². The Balaban J connectivity index is -0.0000000132. The summed E-state index contributed by atoms with van der Waals surface area (Å²) in [5.41, 5.74) is 0. The molecule has 0 aromatic carbocycles. The normalized spacial score (nSPS) is 6.24. The minimum Gasteiger partial charge on any atom is -0.854 e. The van der Waals surface area contributed by atoms with E-state index in [2.05, 4.69) is 0 Å². The van der Waals surface area contributed by atoms with Gasteiger partial charge in [0.2, 0.25) is 0 Å². The van der Waals surface area contributed by atoms with E-state index in [1.807, 2.05) is 20.4 Å². The second-order valence-electron chi connectivity index (χ2n) is 0.894. The molecule has 0 atom stereocenters. The van der Waals surface area contributed by atoms with Crippen molar-refractivity contribution in [2.45, 2.75) is 0 Å². The zero-order valence-electron chi connectivity index (χ0n) is 11.0. The second-order valence-corrected chi connectivity index (χ2v) is 2.68. The maximum Gasteiger partial charge on any atom is 0.106 e. The Hall–Kier alpha value is 2.20. The predicted octanol–water partition coefficient (Wildman–Crippen LogP) is -11.4. The zero-order valence-corrected chi connectivity index (χ0v) is 21.8. The monoisotopic (exact) mass is 985 g/mol. The van der Waals surface area contributed by atoms with Gasteiger partial charge in [-0.05, 0) is 0 Å². The molecule has 0 aliphatic heterocycles. The summed E-state index contributed by atoms with van der Waals surface area (Å²) in [4.78, 5) is 126. The van der Waals surface area contributed by atoms with Gasteiger partial charge in [0.05, 0.1) is 0 Å². The molecule has 0 amide bonds. The first-order chi connectivity index (χ1) is 9.93. The molecule has 22 heteroatoms. The molecule has 3 radical (unpaired) electrons. The van der Waals surface area contributed by atoms with E-state index in [0.717, 1.165) is 0 Å². The van der Waals surface area contributed by atoms with Gasteiger partial charge in [-0.1, -0.05) is 0 Å². The van der Waals surface area contributed by atoms with Crippen molar-refractivity contribution in [1.29, 1.82) is 0 Å². The molecule has 0 N–H and O–H groups in total.